The van der Waals surface area contributed by atoms with Gasteiger partial charge in [0.05, 0.1) is 0 Å². The minimum atomic E-state index is -0.0930. The van der Waals surface area contributed by atoms with Gasteiger partial charge in [-0.3, -0.25) is 14.4 Å². The SMILES string of the molecule is Cc1ccc(CCC(=O)N2CCC(NC(=O)CCC(=O)c3ccc(C)cc3)CC2)cc1. The molecule has 0 unspecified atom stereocenters. The first-order chi connectivity index (χ1) is 14.9. The highest BCUT2D eigenvalue weighted by Crippen LogP contribution is 2.14. The topological polar surface area (TPSA) is 66.5 Å². The third kappa shape index (κ3) is 7.06. The van der Waals surface area contributed by atoms with Crippen molar-refractivity contribution < 1.29 is 14.4 Å². The summed E-state index contributed by atoms with van der Waals surface area (Å²) in [6, 6.07) is 15.8. The molecule has 3 rings (SSSR count). The summed E-state index contributed by atoms with van der Waals surface area (Å²) in [5.74, 6) is 0.0720. The number of nitrogens with one attached hydrogen (secondary N) is 1. The molecule has 0 saturated carbocycles. The van der Waals surface area contributed by atoms with Crippen molar-refractivity contribution in [1.29, 1.82) is 0 Å². The van der Waals surface area contributed by atoms with Crippen LogP contribution in [-0.4, -0.2) is 41.6 Å². The Morgan fingerprint density at radius 1 is 0.839 bits per heavy atom. The maximum atomic E-state index is 12.5. The van der Waals surface area contributed by atoms with Crippen LogP contribution >= 0.6 is 0 Å². The lowest BCUT2D eigenvalue weighted by Gasteiger charge is -2.32. The molecular formula is C26H32N2O3. The third-order valence-electron chi connectivity index (χ3n) is 5.91. The number of nitrogens with zero attached hydrogens (tertiary/aromatic N) is 1. The molecule has 1 heterocycles. The molecule has 5 heteroatoms. The molecule has 5 nitrogen and oxygen atoms in total. The number of aryl methyl sites for hydroxylation is 3. The zero-order valence-corrected chi connectivity index (χ0v) is 18.5. The van der Waals surface area contributed by atoms with E-state index in [0.29, 0.717) is 25.1 Å². The molecule has 1 fully saturated rings. The van der Waals surface area contributed by atoms with Gasteiger partial charge in [0.2, 0.25) is 11.8 Å². The predicted octanol–water partition coefficient (Wildman–Crippen LogP) is 4.01. The quantitative estimate of drug-likeness (QED) is 0.656. The number of benzene rings is 2. The first-order valence-corrected chi connectivity index (χ1v) is 11.1. The molecule has 1 aliphatic heterocycles. The van der Waals surface area contributed by atoms with Crippen LogP contribution in [0.1, 0.15) is 59.2 Å². The lowest BCUT2D eigenvalue weighted by atomic mass is 10.0. The van der Waals surface area contributed by atoms with Crippen molar-refractivity contribution >= 4 is 17.6 Å². The molecule has 164 valence electrons. The molecule has 0 aromatic heterocycles. The molecule has 31 heavy (non-hydrogen) atoms. The van der Waals surface area contributed by atoms with Crippen molar-refractivity contribution in [1.82, 2.24) is 10.2 Å². The number of likely N-dealkylation sites (tertiary alicyclic amines) is 1. The van der Waals surface area contributed by atoms with E-state index in [2.05, 4.69) is 36.5 Å². The Morgan fingerprint density at radius 2 is 1.42 bits per heavy atom. The highest BCUT2D eigenvalue weighted by atomic mass is 16.2. The van der Waals surface area contributed by atoms with E-state index in [1.807, 2.05) is 24.0 Å². The monoisotopic (exact) mass is 420 g/mol. The average molecular weight is 421 g/mol. The molecule has 2 amide bonds. The Hall–Kier alpha value is -2.95. The Bertz CT molecular complexity index is 895. The Balaban J connectivity index is 1.34. The second-order valence-corrected chi connectivity index (χ2v) is 8.50. The largest absolute Gasteiger partial charge is 0.353 e. The Morgan fingerprint density at radius 3 is 2.03 bits per heavy atom. The lowest BCUT2D eigenvalue weighted by molar-refractivity contribution is -0.132. The summed E-state index contributed by atoms with van der Waals surface area (Å²) < 4.78 is 0. The van der Waals surface area contributed by atoms with Gasteiger partial charge in [0.15, 0.2) is 5.78 Å². The van der Waals surface area contributed by atoms with Crippen molar-refractivity contribution in [2.45, 2.75) is 58.4 Å². The maximum absolute atomic E-state index is 12.5. The molecule has 1 N–H and O–H groups in total. The van der Waals surface area contributed by atoms with Gasteiger partial charge in [-0.05, 0) is 38.7 Å². The highest BCUT2D eigenvalue weighted by molar-refractivity contribution is 5.98. The Labute approximate surface area is 184 Å². The minimum absolute atomic E-state index is 0.0101. The van der Waals surface area contributed by atoms with E-state index in [9.17, 15) is 14.4 Å². The fraction of sp³-hybridized carbons (Fsp3) is 0.423. The Kier molecular flexibility index (Phi) is 7.99. The summed E-state index contributed by atoms with van der Waals surface area (Å²) >= 11 is 0. The van der Waals surface area contributed by atoms with E-state index in [1.165, 1.54) is 11.1 Å². The first-order valence-electron chi connectivity index (χ1n) is 11.1. The van der Waals surface area contributed by atoms with Gasteiger partial charge < -0.3 is 10.2 Å². The van der Waals surface area contributed by atoms with Crippen LogP contribution in [0.3, 0.4) is 0 Å². The molecule has 0 atom stereocenters. The maximum Gasteiger partial charge on any atom is 0.222 e. The summed E-state index contributed by atoms with van der Waals surface area (Å²) in [5, 5.41) is 3.03. The van der Waals surface area contributed by atoms with Crippen LogP contribution in [0.5, 0.6) is 0 Å². The van der Waals surface area contributed by atoms with Crippen LogP contribution < -0.4 is 5.32 Å². The minimum Gasteiger partial charge on any atom is -0.353 e. The van der Waals surface area contributed by atoms with Crippen LogP contribution in [0.4, 0.5) is 0 Å². The fourth-order valence-electron chi connectivity index (χ4n) is 3.85. The number of carbonyl (C=O) groups excluding carboxylic acids is 3. The standard InChI is InChI=1S/C26H32N2O3/c1-19-3-7-21(8-4-19)9-14-26(31)28-17-15-23(16-18-28)27-25(30)13-12-24(29)22-10-5-20(2)6-11-22/h3-8,10-11,23H,9,12-18H2,1-2H3,(H,27,30). The zero-order valence-electron chi connectivity index (χ0n) is 18.5. The van der Waals surface area contributed by atoms with Gasteiger partial charge in [-0.1, -0.05) is 59.7 Å². The van der Waals surface area contributed by atoms with Gasteiger partial charge in [0, 0.05) is 44.0 Å². The summed E-state index contributed by atoms with van der Waals surface area (Å²) in [6.07, 6.45) is 3.20. The molecule has 1 aliphatic rings. The summed E-state index contributed by atoms with van der Waals surface area (Å²) in [5.41, 5.74) is 4.16. The van der Waals surface area contributed by atoms with E-state index in [4.69, 9.17) is 0 Å². The van der Waals surface area contributed by atoms with Crippen LogP contribution in [-0.2, 0) is 16.0 Å². The van der Waals surface area contributed by atoms with Gasteiger partial charge in [-0.15, -0.1) is 0 Å². The molecule has 2 aromatic carbocycles. The second-order valence-electron chi connectivity index (χ2n) is 8.50. The lowest BCUT2D eigenvalue weighted by Crippen LogP contribution is -2.46. The summed E-state index contributed by atoms with van der Waals surface area (Å²) in [6.45, 7) is 5.37. The molecule has 0 aliphatic carbocycles. The first kappa shape index (κ1) is 22.7. The van der Waals surface area contributed by atoms with Crippen LogP contribution in [0.25, 0.3) is 0 Å². The van der Waals surface area contributed by atoms with Gasteiger partial charge in [0.1, 0.15) is 0 Å². The van der Waals surface area contributed by atoms with Crippen molar-refractivity contribution in [2.75, 3.05) is 13.1 Å². The predicted molar refractivity (Wildman–Crippen MR) is 122 cm³/mol. The molecular weight excluding hydrogens is 388 g/mol. The number of ketones is 1. The fourth-order valence-corrected chi connectivity index (χ4v) is 3.85. The van der Waals surface area contributed by atoms with E-state index in [0.717, 1.165) is 24.8 Å². The number of hydrogen-bond acceptors (Lipinski definition) is 3. The normalized spacial score (nSPS) is 14.3. The van der Waals surface area contributed by atoms with E-state index < -0.39 is 0 Å². The highest BCUT2D eigenvalue weighted by Gasteiger charge is 2.23. The van der Waals surface area contributed by atoms with E-state index in [-0.39, 0.29) is 36.5 Å². The molecule has 2 aromatic rings. The van der Waals surface area contributed by atoms with Crippen molar-refractivity contribution in [2.24, 2.45) is 0 Å². The van der Waals surface area contributed by atoms with Crippen LogP contribution in [0.15, 0.2) is 48.5 Å². The van der Waals surface area contributed by atoms with Crippen molar-refractivity contribution in [3.05, 3.63) is 70.8 Å². The number of carbonyl (C=O) groups is 3. The summed E-state index contributed by atoms with van der Waals surface area (Å²) in [4.78, 5) is 38.9. The number of hydrogen-bond donors (Lipinski definition) is 1. The average Bonchev–Trinajstić information content (AvgIpc) is 2.78. The second kappa shape index (κ2) is 10.9. The smallest absolute Gasteiger partial charge is 0.222 e. The molecule has 0 radical (unpaired) electrons. The van der Waals surface area contributed by atoms with Crippen LogP contribution in [0.2, 0.25) is 0 Å². The van der Waals surface area contributed by atoms with Crippen molar-refractivity contribution in [3.63, 3.8) is 0 Å². The molecule has 0 bridgehead atoms. The number of piperidine rings is 1. The van der Waals surface area contributed by atoms with Crippen molar-refractivity contribution in [3.8, 4) is 0 Å². The van der Waals surface area contributed by atoms with Gasteiger partial charge in [0.25, 0.3) is 0 Å². The van der Waals surface area contributed by atoms with E-state index in [1.54, 1.807) is 12.1 Å². The molecule has 1 saturated heterocycles. The number of amides is 2. The number of Topliss-reactive ketones (excluding diaryl/α,β-unsaturated/α-hetero) is 1. The van der Waals surface area contributed by atoms with Gasteiger partial charge in [-0.25, -0.2) is 0 Å². The van der Waals surface area contributed by atoms with Crippen LogP contribution in [0, 0.1) is 13.8 Å². The number of rotatable bonds is 8. The van der Waals surface area contributed by atoms with Gasteiger partial charge >= 0.3 is 0 Å². The zero-order chi connectivity index (χ0) is 22.2. The van der Waals surface area contributed by atoms with Gasteiger partial charge in [-0.2, -0.15) is 0 Å². The van der Waals surface area contributed by atoms with E-state index >= 15 is 0 Å². The summed E-state index contributed by atoms with van der Waals surface area (Å²) in [7, 11) is 0. The third-order valence-corrected chi connectivity index (χ3v) is 5.91. The molecule has 0 spiro atoms.